The molecule has 0 radical (unpaired) electrons. The summed E-state index contributed by atoms with van der Waals surface area (Å²) >= 11 is 0. The number of hydrogen-bond donors (Lipinski definition) is 0. The molecule has 166 valence electrons. The van der Waals surface area contributed by atoms with E-state index in [0.29, 0.717) is 0 Å². The molecule has 0 heterocycles. The maximum atomic E-state index is 6.13. The van der Waals surface area contributed by atoms with Gasteiger partial charge in [-0.25, -0.2) is 0 Å². The van der Waals surface area contributed by atoms with Crippen LogP contribution in [0.15, 0.2) is 85.0 Å². The number of rotatable bonds is 7. The van der Waals surface area contributed by atoms with Gasteiger partial charge in [0.15, 0.2) is 0 Å². The Morgan fingerprint density at radius 1 is 0.656 bits per heavy atom. The van der Waals surface area contributed by atoms with Gasteiger partial charge in [0.05, 0.1) is 0 Å². The molecule has 0 amide bonds. The minimum atomic E-state index is 0.201. The van der Waals surface area contributed by atoms with Gasteiger partial charge in [0.2, 0.25) is 0 Å². The van der Waals surface area contributed by atoms with Crippen molar-refractivity contribution < 1.29 is 9.47 Å². The van der Waals surface area contributed by atoms with Gasteiger partial charge in [-0.2, -0.15) is 0 Å². The van der Waals surface area contributed by atoms with Crippen LogP contribution in [0.3, 0.4) is 0 Å². The van der Waals surface area contributed by atoms with Gasteiger partial charge in [-0.15, -0.1) is 0 Å². The lowest BCUT2D eigenvalue weighted by atomic mass is 9.92. The molecule has 2 unspecified atom stereocenters. The maximum Gasteiger partial charge on any atom is 0.120 e. The Hall–Kier alpha value is -3.00. The first-order chi connectivity index (χ1) is 15.8. The summed E-state index contributed by atoms with van der Waals surface area (Å²) in [5.74, 6) is 1.86. The van der Waals surface area contributed by atoms with Crippen LogP contribution in [0.25, 0.3) is 11.1 Å². The highest BCUT2D eigenvalue weighted by atomic mass is 16.5. The molecule has 0 saturated heterocycles. The molecule has 0 bridgehead atoms. The summed E-state index contributed by atoms with van der Waals surface area (Å²) in [5.41, 5.74) is 4.83. The van der Waals surface area contributed by atoms with Gasteiger partial charge in [0, 0.05) is 0 Å². The molecule has 0 aliphatic heterocycles. The first-order valence-corrected chi connectivity index (χ1v) is 12.0. The molecule has 0 spiro atoms. The summed E-state index contributed by atoms with van der Waals surface area (Å²) in [6, 6.07) is 17.0. The van der Waals surface area contributed by atoms with Crippen LogP contribution < -0.4 is 9.47 Å². The lowest BCUT2D eigenvalue weighted by Gasteiger charge is -2.20. The smallest absolute Gasteiger partial charge is 0.120 e. The number of allylic oxidation sites excluding steroid dienone is 6. The molecule has 0 saturated carbocycles. The van der Waals surface area contributed by atoms with E-state index in [0.717, 1.165) is 24.3 Å². The van der Waals surface area contributed by atoms with Crippen LogP contribution in [0.1, 0.15) is 63.5 Å². The number of hydrogen-bond acceptors (Lipinski definition) is 2. The monoisotopic (exact) mass is 426 g/mol. The zero-order valence-electron chi connectivity index (χ0n) is 19.3. The van der Waals surface area contributed by atoms with Crippen molar-refractivity contribution in [1.29, 1.82) is 0 Å². The van der Waals surface area contributed by atoms with Crippen molar-refractivity contribution in [2.24, 2.45) is 0 Å². The molecule has 2 aliphatic rings. The van der Waals surface area contributed by atoms with Gasteiger partial charge < -0.3 is 9.47 Å². The van der Waals surface area contributed by atoms with Gasteiger partial charge in [-0.05, 0) is 111 Å². The fraction of sp³-hybridized carbons (Fsp3) is 0.333. The molecular weight excluding hydrogens is 392 g/mol. The molecule has 2 heteroatoms. The third-order valence-electron chi connectivity index (χ3n) is 6.19. The first-order valence-electron chi connectivity index (χ1n) is 12.0. The van der Waals surface area contributed by atoms with Crippen LogP contribution in [-0.2, 0) is 0 Å². The Morgan fingerprint density at radius 3 is 1.38 bits per heavy atom. The second-order valence-corrected chi connectivity index (χ2v) is 8.48. The molecule has 2 aromatic rings. The minimum absolute atomic E-state index is 0.201. The standard InChI is InChI=1S/C30H34O2/c1-3-29(23-15-19-27(20-16-23)31-25-11-7-5-8-12-25)30(4-2)24-17-21-28(22-18-24)32-26-13-9-6-10-14-26/h3-4,7,9,11,13,15-22,25-26H,5-6,8,10,12,14H2,1-2H3/b29-3-,30-4+. The van der Waals surface area contributed by atoms with Crippen LogP contribution >= 0.6 is 0 Å². The molecule has 2 aromatic carbocycles. The van der Waals surface area contributed by atoms with Crippen LogP contribution in [0.2, 0.25) is 0 Å². The highest BCUT2D eigenvalue weighted by molar-refractivity contribution is 6.04. The predicted octanol–water partition coefficient (Wildman–Crippen LogP) is 8.17. The van der Waals surface area contributed by atoms with Gasteiger partial charge in [-0.1, -0.05) is 48.6 Å². The fourth-order valence-corrected chi connectivity index (χ4v) is 4.49. The second-order valence-electron chi connectivity index (χ2n) is 8.48. The Bertz CT molecular complexity index is 907. The molecule has 0 aromatic heterocycles. The maximum absolute atomic E-state index is 6.13. The van der Waals surface area contributed by atoms with Crippen molar-refractivity contribution in [2.75, 3.05) is 0 Å². The third kappa shape index (κ3) is 5.62. The van der Waals surface area contributed by atoms with Crippen molar-refractivity contribution in [3.05, 3.63) is 96.1 Å². The van der Waals surface area contributed by atoms with Crippen molar-refractivity contribution >= 4 is 11.1 Å². The SMILES string of the molecule is C/C=C(\C(=C\C)c1ccc(OC2C=CCCC2)cc1)c1ccc(OC2C=CCCC2)cc1. The average Bonchev–Trinajstić information content (AvgIpc) is 2.85. The van der Waals surface area contributed by atoms with Gasteiger partial charge in [0.25, 0.3) is 0 Å². The van der Waals surface area contributed by atoms with Crippen LogP contribution in [0.5, 0.6) is 11.5 Å². The van der Waals surface area contributed by atoms with E-state index in [1.165, 1.54) is 48.0 Å². The van der Waals surface area contributed by atoms with E-state index in [1.807, 2.05) is 0 Å². The Kier molecular flexibility index (Phi) is 7.66. The predicted molar refractivity (Wildman–Crippen MR) is 135 cm³/mol. The first kappa shape index (κ1) is 22.2. The molecule has 4 rings (SSSR count). The lowest BCUT2D eigenvalue weighted by molar-refractivity contribution is 0.229. The van der Waals surface area contributed by atoms with Gasteiger partial charge in [-0.3, -0.25) is 0 Å². The quantitative estimate of drug-likeness (QED) is 0.328. The van der Waals surface area contributed by atoms with Crippen molar-refractivity contribution in [3.63, 3.8) is 0 Å². The molecule has 0 fully saturated rings. The van der Waals surface area contributed by atoms with E-state index in [2.05, 4.69) is 98.8 Å². The molecule has 2 nitrogen and oxygen atoms in total. The molecule has 0 N–H and O–H groups in total. The van der Waals surface area contributed by atoms with Crippen molar-refractivity contribution in [3.8, 4) is 11.5 Å². The summed E-state index contributed by atoms with van der Waals surface area (Å²) in [5, 5.41) is 0. The Morgan fingerprint density at radius 2 is 1.06 bits per heavy atom. The molecular formula is C30H34O2. The zero-order valence-corrected chi connectivity index (χ0v) is 19.3. The van der Waals surface area contributed by atoms with E-state index in [1.54, 1.807) is 0 Å². The highest BCUT2D eigenvalue weighted by Crippen LogP contribution is 2.33. The Labute approximate surface area is 193 Å². The molecule has 2 atom stereocenters. The summed E-state index contributed by atoms with van der Waals surface area (Å²) in [6.45, 7) is 4.20. The van der Waals surface area contributed by atoms with Crippen LogP contribution in [0, 0.1) is 0 Å². The largest absolute Gasteiger partial charge is 0.486 e. The normalized spacial score (nSPS) is 21.4. The zero-order chi connectivity index (χ0) is 22.2. The van der Waals surface area contributed by atoms with Crippen LogP contribution in [0.4, 0.5) is 0 Å². The number of ether oxygens (including phenoxy) is 2. The van der Waals surface area contributed by atoms with Crippen molar-refractivity contribution in [1.82, 2.24) is 0 Å². The van der Waals surface area contributed by atoms with Crippen molar-refractivity contribution in [2.45, 2.75) is 64.6 Å². The third-order valence-corrected chi connectivity index (χ3v) is 6.19. The Balaban J connectivity index is 1.46. The van der Waals surface area contributed by atoms with Gasteiger partial charge in [0.1, 0.15) is 23.7 Å². The summed E-state index contributed by atoms with van der Waals surface area (Å²) in [7, 11) is 0. The van der Waals surface area contributed by atoms with E-state index in [9.17, 15) is 0 Å². The highest BCUT2D eigenvalue weighted by Gasteiger charge is 2.13. The molecule has 2 aliphatic carbocycles. The van der Waals surface area contributed by atoms with E-state index >= 15 is 0 Å². The summed E-state index contributed by atoms with van der Waals surface area (Å²) < 4.78 is 12.3. The average molecular weight is 427 g/mol. The lowest BCUT2D eigenvalue weighted by Crippen LogP contribution is -2.15. The van der Waals surface area contributed by atoms with E-state index < -0.39 is 0 Å². The minimum Gasteiger partial charge on any atom is -0.486 e. The molecule has 32 heavy (non-hydrogen) atoms. The van der Waals surface area contributed by atoms with Gasteiger partial charge >= 0.3 is 0 Å². The topological polar surface area (TPSA) is 18.5 Å². The van der Waals surface area contributed by atoms with E-state index in [4.69, 9.17) is 9.47 Å². The van der Waals surface area contributed by atoms with E-state index in [-0.39, 0.29) is 12.2 Å². The second kappa shape index (κ2) is 11.0. The fourth-order valence-electron chi connectivity index (χ4n) is 4.49. The number of benzene rings is 2. The summed E-state index contributed by atoms with van der Waals surface area (Å²) in [4.78, 5) is 0. The van der Waals surface area contributed by atoms with Crippen LogP contribution in [-0.4, -0.2) is 12.2 Å². The summed E-state index contributed by atoms with van der Waals surface area (Å²) in [6.07, 6.45) is 20.5.